The number of nitrogens with two attached hydrogens (primary N) is 1. The van der Waals surface area contributed by atoms with Crippen molar-refractivity contribution in [1.29, 1.82) is 0 Å². The monoisotopic (exact) mass is 271 g/mol. The smallest absolute Gasteiger partial charge is 0.220 e. The first kappa shape index (κ1) is 16.4. The highest BCUT2D eigenvalue weighted by atomic mass is 16.5. The van der Waals surface area contributed by atoms with Gasteiger partial charge in [0.05, 0.1) is 13.2 Å². The molecule has 0 radical (unpaired) electrons. The predicted molar refractivity (Wildman–Crippen MR) is 77.0 cm³/mol. The molecule has 1 aliphatic heterocycles. The summed E-state index contributed by atoms with van der Waals surface area (Å²) in [4.78, 5) is 14.2. The van der Waals surface area contributed by atoms with Crippen molar-refractivity contribution in [2.75, 3.05) is 32.8 Å². The number of nitrogens with zero attached hydrogens (tertiary/aromatic N) is 1. The molecule has 0 aromatic heterocycles. The van der Waals surface area contributed by atoms with Crippen molar-refractivity contribution >= 4 is 5.91 Å². The van der Waals surface area contributed by atoms with E-state index in [2.05, 4.69) is 24.1 Å². The molecule has 0 aromatic rings. The van der Waals surface area contributed by atoms with E-state index in [1.807, 2.05) is 13.8 Å². The highest BCUT2D eigenvalue weighted by Crippen LogP contribution is 2.15. The molecule has 1 heterocycles. The molecule has 1 rings (SSSR count). The minimum absolute atomic E-state index is 0.0301. The largest absolute Gasteiger partial charge is 0.379 e. The van der Waals surface area contributed by atoms with Gasteiger partial charge in [-0.1, -0.05) is 0 Å². The maximum Gasteiger partial charge on any atom is 0.220 e. The van der Waals surface area contributed by atoms with Crippen molar-refractivity contribution in [3.63, 3.8) is 0 Å². The fraction of sp³-hybridized carbons (Fsp3) is 0.929. The Morgan fingerprint density at radius 2 is 1.84 bits per heavy atom. The van der Waals surface area contributed by atoms with Gasteiger partial charge in [0.15, 0.2) is 0 Å². The third-order valence-electron chi connectivity index (χ3n) is 3.58. The van der Waals surface area contributed by atoms with Gasteiger partial charge in [-0.25, -0.2) is 0 Å². The Labute approximate surface area is 116 Å². The molecular weight excluding hydrogens is 242 g/mol. The molecule has 1 saturated heterocycles. The van der Waals surface area contributed by atoms with Crippen molar-refractivity contribution in [3.05, 3.63) is 0 Å². The fourth-order valence-corrected chi connectivity index (χ4v) is 2.12. The molecule has 0 atom stereocenters. The van der Waals surface area contributed by atoms with Gasteiger partial charge in [-0.2, -0.15) is 0 Å². The van der Waals surface area contributed by atoms with Crippen molar-refractivity contribution in [2.45, 2.75) is 51.6 Å². The lowest BCUT2D eigenvalue weighted by molar-refractivity contribution is -0.122. The van der Waals surface area contributed by atoms with Crippen LogP contribution in [0.3, 0.4) is 0 Å². The molecule has 1 fully saturated rings. The van der Waals surface area contributed by atoms with Crippen LogP contribution in [0, 0.1) is 0 Å². The summed E-state index contributed by atoms with van der Waals surface area (Å²) < 4.78 is 5.35. The van der Waals surface area contributed by atoms with E-state index in [-0.39, 0.29) is 17.0 Å². The quantitative estimate of drug-likeness (QED) is 0.747. The van der Waals surface area contributed by atoms with Crippen molar-refractivity contribution in [2.24, 2.45) is 5.73 Å². The summed E-state index contributed by atoms with van der Waals surface area (Å²) >= 11 is 0. The van der Waals surface area contributed by atoms with Gasteiger partial charge in [-0.15, -0.1) is 0 Å². The summed E-state index contributed by atoms with van der Waals surface area (Å²) in [6, 6.07) is 0. The summed E-state index contributed by atoms with van der Waals surface area (Å²) in [6.07, 6.45) is 1.19. The Morgan fingerprint density at radius 3 is 2.37 bits per heavy atom. The predicted octanol–water partition coefficient (Wildman–Crippen LogP) is 0.731. The van der Waals surface area contributed by atoms with Gasteiger partial charge in [0.25, 0.3) is 0 Å². The molecule has 5 heteroatoms. The minimum Gasteiger partial charge on any atom is -0.379 e. The molecule has 112 valence electrons. The summed E-state index contributed by atoms with van der Waals surface area (Å²) in [7, 11) is 0. The van der Waals surface area contributed by atoms with Crippen LogP contribution in [-0.4, -0.2) is 54.7 Å². The number of hydrogen-bond acceptors (Lipinski definition) is 4. The van der Waals surface area contributed by atoms with Gasteiger partial charge < -0.3 is 15.8 Å². The molecule has 0 aliphatic carbocycles. The fourth-order valence-electron chi connectivity index (χ4n) is 2.12. The standard InChI is InChI=1S/C14H29N3O2/c1-13(2,15)6-5-12(18)16-11-14(3,4)17-7-9-19-10-8-17/h5-11,15H2,1-4H3,(H,16,18). The second-order valence-electron chi connectivity index (χ2n) is 6.68. The van der Waals surface area contributed by atoms with Gasteiger partial charge in [-0.3, -0.25) is 9.69 Å². The second-order valence-corrected chi connectivity index (χ2v) is 6.68. The zero-order valence-electron chi connectivity index (χ0n) is 12.8. The van der Waals surface area contributed by atoms with E-state index in [1.54, 1.807) is 0 Å². The van der Waals surface area contributed by atoms with E-state index in [4.69, 9.17) is 10.5 Å². The highest BCUT2D eigenvalue weighted by molar-refractivity contribution is 5.76. The number of hydrogen-bond donors (Lipinski definition) is 2. The van der Waals surface area contributed by atoms with Crippen LogP contribution < -0.4 is 11.1 Å². The Bertz CT molecular complexity index is 292. The van der Waals surface area contributed by atoms with Gasteiger partial charge in [0, 0.05) is 37.1 Å². The van der Waals surface area contributed by atoms with Crippen molar-refractivity contribution in [3.8, 4) is 0 Å². The minimum atomic E-state index is -0.281. The van der Waals surface area contributed by atoms with Crippen LogP contribution in [0.15, 0.2) is 0 Å². The van der Waals surface area contributed by atoms with Gasteiger partial charge in [0.1, 0.15) is 0 Å². The van der Waals surface area contributed by atoms with E-state index >= 15 is 0 Å². The highest BCUT2D eigenvalue weighted by Gasteiger charge is 2.28. The molecule has 1 aliphatic rings. The number of nitrogens with one attached hydrogen (secondary N) is 1. The lowest BCUT2D eigenvalue weighted by Crippen LogP contribution is -2.55. The summed E-state index contributed by atoms with van der Waals surface area (Å²) in [5.74, 6) is 0.0832. The van der Waals surface area contributed by atoms with Crippen LogP contribution in [0.5, 0.6) is 0 Å². The van der Waals surface area contributed by atoms with Crippen LogP contribution in [0.4, 0.5) is 0 Å². The number of carbonyl (C=O) groups is 1. The molecule has 0 saturated carbocycles. The van der Waals surface area contributed by atoms with Crippen LogP contribution in [0.2, 0.25) is 0 Å². The molecule has 1 amide bonds. The topological polar surface area (TPSA) is 67.6 Å². The van der Waals surface area contributed by atoms with Crippen LogP contribution in [0.1, 0.15) is 40.5 Å². The number of rotatable bonds is 6. The maximum atomic E-state index is 11.8. The molecule has 0 aromatic carbocycles. The van der Waals surface area contributed by atoms with Crippen LogP contribution in [0.25, 0.3) is 0 Å². The van der Waals surface area contributed by atoms with Gasteiger partial charge in [0.2, 0.25) is 5.91 Å². The Morgan fingerprint density at radius 1 is 1.26 bits per heavy atom. The lowest BCUT2D eigenvalue weighted by Gasteiger charge is -2.40. The molecule has 5 nitrogen and oxygen atoms in total. The Kier molecular flexibility index (Phi) is 5.77. The van der Waals surface area contributed by atoms with Crippen molar-refractivity contribution in [1.82, 2.24) is 10.2 Å². The molecule has 0 bridgehead atoms. The number of morpholine rings is 1. The summed E-state index contributed by atoms with van der Waals surface area (Å²) in [5, 5.41) is 3.02. The van der Waals surface area contributed by atoms with Crippen LogP contribution in [-0.2, 0) is 9.53 Å². The third kappa shape index (κ3) is 6.36. The zero-order valence-corrected chi connectivity index (χ0v) is 12.8. The van der Waals surface area contributed by atoms with Gasteiger partial charge >= 0.3 is 0 Å². The van der Waals surface area contributed by atoms with E-state index in [9.17, 15) is 4.79 Å². The second kappa shape index (κ2) is 6.68. The molecule has 0 spiro atoms. The average molecular weight is 271 g/mol. The first-order chi connectivity index (χ1) is 8.71. The van der Waals surface area contributed by atoms with E-state index in [0.717, 1.165) is 26.3 Å². The van der Waals surface area contributed by atoms with Gasteiger partial charge in [-0.05, 0) is 34.1 Å². The Hall–Kier alpha value is -0.650. The van der Waals surface area contributed by atoms with E-state index < -0.39 is 0 Å². The SMILES string of the molecule is CC(C)(N)CCC(=O)NCC(C)(C)N1CCOCC1. The third-order valence-corrected chi connectivity index (χ3v) is 3.58. The summed E-state index contributed by atoms with van der Waals surface area (Å²) in [6.45, 7) is 12.3. The number of amides is 1. The maximum absolute atomic E-state index is 11.8. The Balaban J connectivity index is 2.31. The lowest BCUT2D eigenvalue weighted by atomic mass is 9.99. The number of carbonyl (C=O) groups excluding carboxylic acids is 1. The first-order valence-corrected chi connectivity index (χ1v) is 7.09. The summed E-state index contributed by atoms with van der Waals surface area (Å²) in [5.41, 5.74) is 5.57. The van der Waals surface area contributed by atoms with Crippen molar-refractivity contribution < 1.29 is 9.53 Å². The van der Waals surface area contributed by atoms with E-state index in [0.29, 0.717) is 19.4 Å². The molecule has 19 heavy (non-hydrogen) atoms. The molecule has 3 N–H and O–H groups in total. The zero-order chi connectivity index (χ0) is 14.5. The first-order valence-electron chi connectivity index (χ1n) is 7.09. The number of ether oxygens (including phenoxy) is 1. The average Bonchev–Trinajstić information content (AvgIpc) is 2.34. The molecular formula is C14H29N3O2. The van der Waals surface area contributed by atoms with E-state index in [1.165, 1.54) is 0 Å². The normalized spacial score (nSPS) is 18.4. The van der Waals surface area contributed by atoms with Crippen LogP contribution >= 0.6 is 0 Å². The molecule has 0 unspecified atom stereocenters.